The standard InChI is InChI=1S/C43H47Cl2O5P/c1-42(2,3)34-22-32(44)24-38(40(34)49-28-47-26-30-16-10-8-11-17-30)51(37-21-15-14-20-36(37)46-7)39-25-33(45)23-35(43(4,5)6)41(39)50-29-48-27-31-18-12-9-13-19-31/h8-25H,26-29H2,1-7H3. The van der Waals surface area contributed by atoms with E-state index in [0.29, 0.717) is 34.8 Å². The van der Waals surface area contributed by atoms with Crippen LogP contribution < -0.4 is 30.1 Å². The highest BCUT2D eigenvalue weighted by Crippen LogP contribution is 2.48. The predicted molar refractivity (Wildman–Crippen MR) is 213 cm³/mol. The third-order valence-electron chi connectivity index (χ3n) is 8.29. The van der Waals surface area contributed by atoms with E-state index in [0.717, 1.165) is 43.9 Å². The number of hydrogen-bond acceptors (Lipinski definition) is 5. The lowest BCUT2D eigenvalue weighted by Gasteiger charge is -2.32. The van der Waals surface area contributed by atoms with Crippen LogP contribution in [0.3, 0.4) is 0 Å². The van der Waals surface area contributed by atoms with Crippen molar-refractivity contribution >= 4 is 47.0 Å². The molecule has 51 heavy (non-hydrogen) atoms. The van der Waals surface area contributed by atoms with Crippen LogP contribution in [-0.2, 0) is 33.5 Å². The normalized spacial score (nSPS) is 11.9. The number of benzene rings is 5. The van der Waals surface area contributed by atoms with Gasteiger partial charge in [0, 0.05) is 37.1 Å². The topological polar surface area (TPSA) is 46.2 Å². The van der Waals surface area contributed by atoms with E-state index in [1.807, 2.05) is 103 Å². The molecule has 0 unspecified atom stereocenters. The van der Waals surface area contributed by atoms with Gasteiger partial charge < -0.3 is 23.7 Å². The van der Waals surface area contributed by atoms with Gasteiger partial charge in [0.2, 0.25) is 0 Å². The second kappa shape index (κ2) is 17.3. The Morgan fingerprint density at radius 2 is 0.941 bits per heavy atom. The zero-order chi connectivity index (χ0) is 36.6. The highest BCUT2D eigenvalue weighted by atomic mass is 35.5. The highest BCUT2D eigenvalue weighted by Gasteiger charge is 2.34. The summed E-state index contributed by atoms with van der Waals surface area (Å²) >= 11 is 14.0. The van der Waals surface area contributed by atoms with Crippen molar-refractivity contribution in [2.75, 3.05) is 20.7 Å². The minimum absolute atomic E-state index is 0.0428. The number of ether oxygens (including phenoxy) is 5. The molecule has 0 aliphatic carbocycles. The molecular formula is C43H47Cl2O5P. The van der Waals surface area contributed by atoms with Gasteiger partial charge in [0.25, 0.3) is 0 Å². The average Bonchev–Trinajstić information content (AvgIpc) is 3.10. The number of hydrogen-bond donors (Lipinski definition) is 0. The van der Waals surface area contributed by atoms with Crippen molar-refractivity contribution in [2.24, 2.45) is 0 Å². The van der Waals surface area contributed by atoms with Crippen LogP contribution in [0.25, 0.3) is 0 Å². The molecule has 0 aliphatic rings. The van der Waals surface area contributed by atoms with Gasteiger partial charge in [-0.15, -0.1) is 0 Å². The maximum atomic E-state index is 7.01. The van der Waals surface area contributed by atoms with E-state index < -0.39 is 7.92 Å². The molecule has 0 heterocycles. The molecular weight excluding hydrogens is 698 g/mol. The Bertz CT molecular complexity index is 1770. The highest BCUT2D eigenvalue weighted by molar-refractivity contribution is 7.80. The molecule has 0 spiro atoms. The largest absolute Gasteiger partial charge is 0.496 e. The van der Waals surface area contributed by atoms with Crippen LogP contribution in [0.5, 0.6) is 17.2 Å². The molecule has 5 rings (SSSR count). The summed E-state index contributed by atoms with van der Waals surface area (Å²) in [6.45, 7) is 13.8. The van der Waals surface area contributed by atoms with Crippen molar-refractivity contribution < 1.29 is 23.7 Å². The lowest BCUT2D eigenvalue weighted by molar-refractivity contribution is 0.00472. The van der Waals surface area contributed by atoms with Gasteiger partial charge in [-0.3, -0.25) is 0 Å². The molecule has 5 aromatic rings. The van der Waals surface area contributed by atoms with Crippen LogP contribution in [-0.4, -0.2) is 20.7 Å². The quantitative estimate of drug-likeness (QED) is 0.0644. The van der Waals surface area contributed by atoms with E-state index >= 15 is 0 Å². The number of para-hydroxylation sites is 1. The second-order valence-corrected chi connectivity index (χ2v) is 17.3. The molecule has 0 amide bonds. The summed E-state index contributed by atoms with van der Waals surface area (Å²) < 4.78 is 31.6. The maximum absolute atomic E-state index is 7.01. The predicted octanol–water partition coefficient (Wildman–Crippen LogP) is 10.5. The Labute approximate surface area is 314 Å². The molecule has 5 aromatic carbocycles. The molecule has 0 aromatic heterocycles. The molecule has 0 atom stereocenters. The maximum Gasteiger partial charge on any atom is 0.189 e. The molecule has 0 N–H and O–H groups in total. The smallest absolute Gasteiger partial charge is 0.189 e. The summed E-state index contributed by atoms with van der Waals surface area (Å²) in [7, 11) is 0.230. The van der Waals surface area contributed by atoms with Gasteiger partial charge in [-0.05, 0) is 60.2 Å². The van der Waals surface area contributed by atoms with Crippen molar-refractivity contribution in [2.45, 2.75) is 65.6 Å². The molecule has 8 heteroatoms. The summed E-state index contributed by atoms with van der Waals surface area (Å²) in [5.41, 5.74) is 3.42. The van der Waals surface area contributed by atoms with Gasteiger partial charge in [0.05, 0.1) is 20.3 Å². The Kier molecular flexibility index (Phi) is 13.1. The lowest BCUT2D eigenvalue weighted by atomic mass is 9.86. The molecule has 0 saturated carbocycles. The number of rotatable bonds is 14. The molecule has 0 fully saturated rings. The fourth-order valence-electron chi connectivity index (χ4n) is 5.78. The van der Waals surface area contributed by atoms with Crippen LogP contribution in [0.15, 0.2) is 109 Å². The Morgan fingerprint density at radius 3 is 1.35 bits per heavy atom. The fraction of sp³-hybridized carbons (Fsp3) is 0.302. The van der Waals surface area contributed by atoms with Crippen LogP contribution in [0, 0.1) is 0 Å². The molecule has 268 valence electrons. The molecule has 0 aliphatic heterocycles. The molecule has 0 saturated heterocycles. The van der Waals surface area contributed by atoms with Crippen molar-refractivity contribution in [3.63, 3.8) is 0 Å². The third-order valence-corrected chi connectivity index (χ3v) is 11.2. The summed E-state index contributed by atoms with van der Waals surface area (Å²) in [5.74, 6) is 2.15. The molecule has 0 radical (unpaired) electrons. The third kappa shape index (κ3) is 10.1. The van der Waals surface area contributed by atoms with Gasteiger partial charge >= 0.3 is 0 Å². The van der Waals surface area contributed by atoms with Crippen LogP contribution in [0.1, 0.15) is 63.8 Å². The van der Waals surface area contributed by atoms with Crippen molar-refractivity contribution in [1.82, 2.24) is 0 Å². The van der Waals surface area contributed by atoms with Crippen LogP contribution in [0.4, 0.5) is 0 Å². The minimum atomic E-state index is -1.46. The Balaban J connectivity index is 1.68. The first-order valence-electron chi connectivity index (χ1n) is 17.0. The minimum Gasteiger partial charge on any atom is -0.496 e. The number of halogens is 2. The van der Waals surface area contributed by atoms with E-state index in [9.17, 15) is 0 Å². The first kappa shape index (κ1) is 38.7. The zero-order valence-electron chi connectivity index (χ0n) is 30.5. The van der Waals surface area contributed by atoms with Crippen molar-refractivity contribution in [1.29, 1.82) is 0 Å². The molecule has 5 nitrogen and oxygen atoms in total. The first-order valence-corrected chi connectivity index (χ1v) is 19.1. The Morgan fingerprint density at radius 1 is 0.529 bits per heavy atom. The van der Waals surface area contributed by atoms with Gasteiger partial charge in [0.15, 0.2) is 13.6 Å². The Hall–Kier alpha value is -3.57. The lowest BCUT2D eigenvalue weighted by Crippen LogP contribution is -2.29. The summed E-state index contributed by atoms with van der Waals surface area (Å²) in [5, 5.41) is 3.95. The molecule has 0 bridgehead atoms. The first-order chi connectivity index (χ1) is 24.4. The average molecular weight is 746 g/mol. The summed E-state index contributed by atoms with van der Waals surface area (Å²) in [6.07, 6.45) is 0. The van der Waals surface area contributed by atoms with Gasteiger partial charge in [-0.25, -0.2) is 0 Å². The van der Waals surface area contributed by atoms with E-state index in [4.69, 9.17) is 46.9 Å². The fourth-order valence-corrected chi connectivity index (χ4v) is 9.08. The zero-order valence-corrected chi connectivity index (χ0v) is 32.9. The van der Waals surface area contributed by atoms with Gasteiger partial charge in [0.1, 0.15) is 17.2 Å². The SMILES string of the molecule is COc1ccccc1P(c1cc(Cl)cc(C(C)(C)C)c1OCOCc1ccccc1)c1cc(Cl)cc(C(C)(C)C)c1OCOCc1ccccc1. The van der Waals surface area contributed by atoms with Gasteiger partial charge in [-0.1, -0.05) is 144 Å². The second-order valence-electron chi connectivity index (χ2n) is 14.3. The van der Waals surface area contributed by atoms with Crippen LogP contribution in [0.2, 0.25) is 10.0 Å². The van der Waals surface area contributed by atoms with E-state index in [1.165, 1.54) is 0 Å². The number of methoxy groups -OCH3 is 1. The summed E-state index contributed by atoms with van der Waals surface area (Å²) in [4.78, 5) is 0. The van der Waals surface area contributed by atoms with E-state index in [2.05, 4.69) is 47.6 Å². The summed E-state index contributed by atoms with van der Waals surface area (Å²) in [6, 6.07) is 36.1. The monoisotopic (exact) mass is 744 g/mol. The van der Waals surface area contributed by atoms with Crippen molar-refractivity contribution in [3.05, 3.63) is 141 Å². The van der Waals surface area contributed by atoms with Crippen LogP contribution >= 0.6 is 31.1 Å². The van der Waals surface area contributed by atoms with E-state index in [1.54, 1.807) is 7.11 Å². The van der Waals surface area contributed by atoms with Crippen molar-refractivity contribution in [3.8, 4) is 17.2 Å². The van der Waals surface area contributed by atoms with E-state index in [-0.39, 0.29) is 24.4 Å². The van der Waals surface area contributed by atoms with Gasteiger partial charge in [-0.2, -0.15) is 0 Å².